The summed E-state index contributed by atoms with van der Waals surface area (Å²) in [6, 6.07) is 0. The lowest BCUT2D eigenvalue weighted by atomic mass is 9.85. The van der Waals surface area contributed by atoms with E-state index in [0.29, 0.717) is 0 Å². The van der Waals surface area contributed by atoms with E-state index in [9.17, 15) is 0 Å². The van der Waals surface area contributed by atoms with Crippen LogP contribution in [0.1, 0.15) is 27.7 Å². The van der Waals surface area contributed by atoms with E-state index < -0.39 is 0 Å². The van der Waals surface area contributed by atoms with E-state index in [0.717, 1.165) is 11.0 Å². The molecule has 0 aliphatic carbocycles. The molecule has 0 aromatic rings. The zero-order valence-electron chi connectivity index (χ0n) is 6.65. The van der Waals surface area contributed by atoms with Crippen molar-refractivity contribution in [2.45, 2.75) is 27.7 Å². The maximum absolute atomic E-state index is 5.68. The zero-order chi connectivity index (χ0) is 7.44. The van der Waals surface area contributed by atoms with Gasteiger partial charge in [-0.15, -0.1) is 0 Å². The predicted octanol–water partition coefficient (Wildman–Crippen LogP) is 2.42. The molecular formula is C8H13B. The second-order valence-electron chi connectivity index (χ2n) is 2.39. The average Bonchev–Trinajstić information content (AvgIpc) is 1.84. The Bertz CT molecular complexity index is 148. The fraction of sp³-hybridized carbons (Fsp3) is 0.500. The summed E-state index contributed by atoms with van der Waals surface area (Å²) in [5.41, 5.74) is 3.26. The minimum atomic E-state index is 0.914. The van der Waals surface area contributed by atoms with Crippen molar-refractivity contribution < 1.29 is 0 Å². The fourth-order valence-electron chi connectivity index (χ4n) is 0.550. The van der Waals surface area contributed by atoms with Crippen LogP contribution in [-0.4, -0.2) is 7.85 Å². The van der Waals surface area contributed by atoms with Crippen LogP contribution in [0.25, 0.3) is 0 Å². The maximum atomic E-state index is 5.68. The van der Waals surface area contributed by atoms with Crippen LogP contribution in [0.3, 0.4) is 0 Å². The second kappa shape index (κ2) is 3.55. The molecule has 0 aliphatic rings. The summed E-state index contributed by atoms with van der Waals surface area (Å²) in [7, 11) is 5.68. The van der Waals surface area contributed by atoms with Gasteiger partial charge in [0.15, 0.2) is 0 Å². The largest absolute Gasteiger partial charge is 0.114 e. The van der Waals surface area contributed by atoms with E-state index in [1.807, 2.05) is 33.8 Å². The van der Waals surface area contributed by atoms with Crippen molar-refractivity contribution in [1.82, 2.24) is 0 Å². The van der Waals surface area contributed by atoms with Gasteiger partial charge >= 0.3 is 0 Å². The Balaban J connectivity index is 4.40. The number of hydrogen-bond donors (Lipinski definition) is 0. The highest BCUT2D eigenvalue weighted by molar-refractivity contribution is 6.24. The quantitative estimate of drug-likeness (QED) is 0.368. The Morgan fingerprint density at radius 2 is 1.67 bits per heavy atom. The normalized spacial score (nSPS) is 11.3. The maximum Gasteiger partial charge on any atom is 0.114 e. The second-order valence-corrected chi connectivity index (χ2v) is 2.39. The summed E-state index contributed by atoms with van der Waals surface area (Å²) in [4.78, 5) is 0. The summed E-state index contributed by atoms with van der Waals surface area (Å²) in [6.07, 6.45) is 2.02. The van der Waals surface area contributed by atoms with E-state index in [-0.39, 0.29) is 0 Å². The highest BCUT2D eigenvalue weighted by atomic mass is 13.9. The molecule has 0 N–H and O–H groups in total. The highest BCUT2D eigenvalue weighted by Crippen LogP contribution is 2.08. The molecule has 0 saturated carbocycles. The smallest absolute Gasteiger partial charge is 0.0955 e. The van der Waals surface area contributed by atoms with Gasteiger partial charge in [0.25, 0.3) is 0 Å². The molecule has 0 spiro atoms. The van der Waals surface area contributed by atoms with Crippen LogP contribution in [-0.2, 0) is 0 Å². The first-order valence-electron chi connectivity index (χ1n) is 3.15. The molecule has 1 heteroatoms. The fourth-order valence-corrected chi connectivity index (χ4v) is 0.550. The molecule has 0 rings (SSSR count). The van der Waals surface area contributed by atoms with Crippen molar-refractivity contribution in [2.75, 3.05) is 0 Å². The molecule has 0 fully saturated rings. The summed E-state index contributed by atoms with van der Waals surface area (Å²) >= 11 is 0. The molecule has 0 amide bonds. The van der Waals surface area contributed by atoms with Crippen molar-refractivity contribution in [3.63, 3.8) is 0 Å². The first kappa shape index (κ1) is 8.54. The first-order valence-corrected chi connectivity index (χ1v) is 3.15. The number of allylic oxidation sites excluding steroid dienone is 4. The predicted molar refractivity (Wildman–Crippen MR) is 43.6 cm³/mol. The molecule has 0 atom stereocenters. The van der Waals surface area contributed by atoms with Crippen molar-refractivity contribution in [3.8, 4) is 0 Å². The van der Waals surface area contributed by atoms with Crippen molar-refractivity contribution in [1.29, 1.82) is 0 Å². The van der Waals surface area contributed by atoms with Gasteiger partial charge in [-0.05, 0) is 27.7 Å². The van der Waals surface area contributed by atoms with Crippen molar-refractivity contribution in [3.05, 3.63) is 22.7 Å². The summed E-state index contributed by atoms with van der Waals surface area (Å²) in [6.45, 7) is 8.04. The lowest BCUT2D eigenvalue weighted by Crippen LogP contribution is -1.86. The molecule has 0 heterocycles. The molecule has 48 valence electrons. The van der Waals surface area contributed by atoms with Gasteiger partial charge in [0, 0.05) is 0 Å². The first-order chi connectivity index (χ1) is 4.09. The van der Waals surface area contributed by atoms with Gasteiger partial charge in [-0.3, -0.25) is 0 Å². The molecule has 0 nitrogen and oxygen atoms in total. The Morgan fingerprint density at radius 1 is 1.22 bits per heavy atom. The Hall–Kier alpha value is -0.455. The standard InChI is InChI=1S/C8H13B/c1-5-7(4)8(9)6(2)3/h5H,1-4H3/b7-5-. The van der Waals surface area contributed by atoms with Gasteiger partial charge in [0.2, 0.25) is 0 Å². The van der Waals surface area contributed by atoms with E-state index >= 15 is 0 Å². The molecule has 0 aliphatic heterocycles. The van der Waals surface area contributed by atoms with E-state index in [1.165, 1.54) is 5.57 Å². The molecule has 2 radical (unpaired) electrons. The third-order valence-electron chi connectivity index (χ3n) is 1.40. The van der Waals surface area contributed by atoms with Gasteiger partial charge in [-0.25, -0.2) is 0 Å². The van der Waals surface area contributed by atoms with E-state index in [4.69, 9.17) is 7.85 Å². The molecule has 0 bridgehead atoms. The van der Waals surface area contributed by atoms with Gasteiger partial charge in [0.1, 0.15) is 7.85 Å². The van der Waals surface area contributed by atoms with Crippen molar-refractivity contribution in [2.24, 2.45) is 0 Å². The third kappa shape index (κ3) is 2.55. The topological polar surface area (TPSA) is 0 Å². The third-order valence-corrected chi connectivity index (χ3v) is 1.40. The van der Waals surface area contributed by atoms with Gasteiger partial charge in [-0.2, -0.15) is 0 Å². The van der Waals surface area contributed by atoms with Crippen LogP contribution < -0.4 is 0 Å². The Kier molecular flexibility index (Phi) is 3.37. The van der Waals surface area contributed by atoms with Crippen LogP contribution in [0.2, 0.25) is 0 Å². The van der Waals surface area contributed by atoms with Gasteiger partial charge in [0.05, 0.1) is 0 Å². The van der Waals surface area contributed by atoms with E-state index in [2.05, 4.69) is 0 Å². The highest BCUT2D eigenvalue weighted by Gasteiger charge is 1.90. The molecule has 9 heavy (non-hydrogen) atoms. The van der Waals surface area contributed by atoms with Crippen LogP contribution in [0.15, 0.2) is 22.7 Å². The lowest BCUT2D eigenvalue weighted by molar-refractivity contribution is 1.31. The molecular weight excluding hydrogens is 107 g/mol. The van der Waals surface area contributed by atoms with Crippen LogP contribution in [0.5, 0.6) is 0 Å². The van der Waals surface area contributed by atoms with E-state index in [1.54, 1.807) is 0 Å². The summed E-state index contributed by atoms with van der Waals surface area (Å²) in [5.74, 6) is 0. The number of hydrogen-bond acceptors (Lipinski definition) is 0. The average molecular weight is 120 g/mol. The minimum Gasteiger partial charge on any atom is -0.0955 e. The zero-order valence-corrected chi connectivity index (χ0v) is 6.65. The molecule has 0 saturated heterocycles. The summed E-state index contributed by atoms with van der Waals surface area (Å²) in [5, 5.41) is 0. The van der Waals surface area contributed by atoms with Crippen LogP contribution >= 0.6 is 0 Å². The Morgan fingerprint density at radius 3 is 1.78 bits per heavy atom. The molecule has 0 unspecified atom stereocenters. The van der Waals surface area contributed by atoms with Gasteiger partial charge < -0.3 is 0 Å². The lowest BCUT2D eigenvalue weighted by Gasteiger charge is -2.02. The summed E-state index contributed by atoms with van der Waals surface area (Å²) < 4.78 is 0. The van der Waals surface area contributed by atoms with Crippen LogP contribution in [0, 0.1) is 0 Å². The van der Waals surface area contributed by atoms with Crippen molar-refractivity contribution >= 4 is 7.85 Å². The van der Waals surface area contributed by atoms with Crippen LogP contribution in [0.4, 0.5) is 0 Å². The molecule has 0 aromatic carbocycles. The monoisotopic (exact) mass is 120 g/mol. The SMILES string of the molecule is [B]C(=C(C)C)/C(C)=C\C. The number of rotatable bonds is 1. The Labute approximate surface area is 59.1 Å². The molecule has 0 aromatic heterocycles. The minimum absolute atomic E-state index is 0.914. The van der Waals surface area contributed by atoms with Gasteiger partial charge in [-0.1, -0.05) is 22.7 Å².